The molecular formula is C19H20N4. The van der Waals surface area contributed by atoms with E-state index in [9.17, 15) is 0 Å². The largest absolute Gasteiger partial charge is 0.399 e. The van der Waals surface area contributed by atoms with Gasteiger partial charge in [-0.15, -0.1) is 0 Å². The minimum Gasteiger partial charge on any atom is -0.399 e. The summed E-state index contributed by atoms with van der Waals surface area (Å²) >= 11 is 0. The van der Waals surface area contributed by atoms with Gasteiger partial charge in [0.25, 0.3) is 0 Å². The maximum Gasteiger partial charge on any atom is 0.155 e. The molecule has 4 heteroatoms. The molecule has 3 rings (SSSR count). The Morgan fingerprint density at radius 2 is 1.57 bits per heavy atom. The predicted molar refractivity (Wildman–Crippen MR) is 95.1 cm³/mol. The van der Waals surface area contributed by atoms with Crippen molar-refractivity contribution in [3.8, 4) is 11.3 Å². The quantitative estimate of drug-likeness (QED) is 0.742. The molecule has 0 radical (unpaired) electrons. The highest BCUT2D eigenvalue weighted by Gasteiger charge is 2.18. The van der Waals surface area contributed by atoms with Crippen LogP contribution in [-0.2, 0) is 0 Å². The van der Waals surface area contributed by atoms with Crippen LogP contribution in [0.2, 0.25) is 0 Å². The van der Waals surface area contributed by atoms with Crippen LogP contribution in [0.25, 0.3) is 11.3 Å². The number of hydrogen-bond acceptors (Lipinski definition) is 4. The van der Waals surface area contributed by atoms with E-state index in [0.29, 0.717) is 0 Å². The Labute approximate surface area is 136 Å². The second kappa shape index (κ2) is 6.48. The first-order chi connectivity index (χ1) is 11.2. The van der Waals surface area contributed by atoms with E-state index in [0.717, 1.165) is 22.8 Å². The Balaban J connectivity index is 1.98. The second-order valence-electron chi connectivity index (χ2n) is 5.55. The van der Waals surface area contributed by atoms with Gasteiger partial charge in [-0.3, -0.25) is 4.98 Å². The molecule has 0 bridgehead atoms. The van der Waals surface area contributed by atoms with Crippen molar-refractivity contribution in [2.75, 3.05) is 17.7 Å². The van der Waals surface area contributed by atoms with Crippen LogP contribution < -0.4 is 10.6 Å². The van der Waals surface area contributed by atoms with E-state index in [4.69, 9.17) is 5.73 Å². The molecular weight excluding hydrogens is 284 g/mol. The summed E-state index contributed by atoms with van der Waals surface area (Å²) in [5.74, 6) is 0.855. The monoisotopic (exact) mass is 304 g/mol. The Morgan fingerprint density at radius 1 is 0.913 bits per heavy atom. The van der Waals surface area contributed by atoms with Crippen LogP contribution in [0.15, 0.2) is 67.0 Å². The minimum absolute atomic E-state index is 0.195. The summed E-state index contributed by atoms with van der Waals surface area (Å²) in [6.07, 6.45) is 3.45. The maximum absolute atomic E-state index is 5.78. The third kappa shape index (κ3) is 3.16. The lowest BCUT2D eigenvalue weighted by molar-refractivity contribution is 0.727. The predicted octanol–water partition coefficient (Wildman–Crippen LogP) is 3.92. The number of aromatic nitrogens is 2. The third-order valence-corrected chi connectivity index (χ3v) is 4.06. The van der Waals surface area contributed by atoms with Gasteiger partial charge in [0.1, 0.15) is 5.69 Å². The zero-order valence-electron chi connectivity index (χ0n) is 13.3. The van der Waals surface area contributed by atoms with Gasteiger partial charge in [-0.05, 0) is 24.6 Å². The number of nitrogens with two attached hydrogens (primary N) is 1. The van der Waals surface area contributed by atoms with Gasteiger partial charge in [0.15, 0.2) is 5.82 Å². The molecule has 3 aromatic rings. The van der Waals surface area contributed by atoms with Crippen LogP contribution in [0.5, 0.6) is 0 Å². The van der Waals surface area contributed by atoms with E-state index >= 15 is 0 Å². The summed E-state index contributed by atoms with van der Waals surface area (Å²) in [7, 11) is 2.04. The smallest absolute Gasteiger partial charge is 0.155 e. The summed E-state index contributed by atoms with van der Waals surface area (Å²) in [4.78, 5) is 11.2. The first-order valence-corrected chi connectivity index (χ1v) is 7.61. The normalized spacial score (nSPS) is 11.9. The molecule has 2 aromatic carbocycles. The summed E-state index contributed by atoms with van der Waals surface area (Å²) < 4.78 is 0. The molecule has 0 unspecified atom stereocenters. The molecule has 1 heterocycles. The number of rotatable bonds is 4. The Hall–Kier alpha value is -2.88. The average molecular weight is 304 g/mol. The van der Waals surface area contributed by atoms with Gasteiger partial charge in [-0.2, -0.15) is 0 Å². The van der Waals surface area contributed by atoms with Crippen molar-refractivity contribution in [2.24, 2.45) is 0 Å². The van der Waals surface area contributed by atoms with Gasteiger partial charge in [0.05, 0.1) is 6.04 Å². The molecule has 0 aliphatic rings. The molecule has 2 N–H and O–H groups in total. The molecule has 0 fully saturated rings. The fourth-order valence-corrected chi connectivity index (χ4v) is 2.57. The molecule has 0 aliphatic heterocycles. The molecule has 0 amide bonds. The molecule has 1 aromatic heterocycles. The van der Waals surface area contributed by atoms with E-state index in [2.05, 4.69) is 46.1 Å². The van der Waals surface area contributed by atoms with Gasteiger partial charge in [0, 0.05) is 30.7 Å². The third-order valence-electron chi connectivity index (χ3n) is 4.06. The highest BCUT2D eigenvalue weighted by molar-refractivity contribution is 5.73. The summed E-state index contributed by atoms with van der Waals surface area (Å²) in [5, 5.41) is 0. The number of hydrogen-bond donors (Lipinski definition) is 1. The van der Waals surface area contributed by atoms with Crippen molar-refractivity contribution in [3.63, 3.8) is 0 Å². The molecule has 0 saturated heterocycles. The lowest BCUT2D eigenvalue weighted by Crippen LogP contribution is -2.23. The van der Waals surface area contributed by atoms with Crippen LogP contribution in [-0.4, -0.2) is 17.0 Å². The first kappa shape index (κ1) is 15.0. The Bertz CT molecular complexity index is 769. The van der Waals surface area contributed by atoms with Gasteiger partial charge in [-0.25, -0.2) is 4.98 Å². The topological polar surface area (TPSA) is 55.0 Å². The molecule has 1 atom stereocenters. The SMILES string of the molecule is C[C@@H](c1ccccc1)N(C)c1nccnc1-c1ccc(N)cc1. The van der Waals surface area contributed by atoms with Gasteiger partial charge in [0.2, 0.25) is 0 Å². The van der Waals surface area contributed by atoms with Crippen LogP contribution in [0.4, 0.5) is 11.5 Å². The van der Waals surface area contributed by atoms with Crippen LogP contribution in [0, 0.1) is 0 Å². The Kier molecular flexibility index (Phi) is 4.24. The number of nitrogen functional groups attached to an aromatic ring is 1. The lowest BCUT2D eigenvalue weighted by Gasteiger charge is -2.27. The van der Waals surface area contributed by atoms with Crippen molar-refractivity contribution in [2.45, 2.75) is 13.0 Å². The molecule has 0 spiro atoms. The van der Waals surface area contributed by atoms with Crippen LogP contribution in [0.3, 0.4) is 0 Å². The summed E-state index contributed by atoms with van der Waals surface area (Å²) in [5.41, 5.74) is 9.63. The fraction of sp³-hybridized carbons (Fsp3) is 0.158. The highest BCUT2D eigenvalue weighted by atomic mass is 15.2. The van der Waals surface area contributed by atoms with E-state index in [-0.39, 0.29) is 6.04 Å². The maximum atomic E-state index is 5.78. The molecule has 0 saturated carbocycles. The second-order valence-corrected chi connectivity index (χ2v) is 5.55. The number of benzene rings is 2. The number of nitrogens with zero attached hydrogens (tertiary/aromatic N) is 3. The van der Waals surface area contributed by atoms with E-state index < -0.39 is 0 Å². The fourth-order valence-electron chi connectivity index (χ4n) is 2.57. The van der Waals surface area contributed by atoms with Crippen molar-refractivity contribution in [1.29, 1.82) is 0 Å². The van der Waals surface area contributed by atoms with Crippen molar-refractivity contribution < 1.29 is 0 Å². The molecule has 23 heavy (non-hydrogen) atoms. The first-order valence-electron chi connectivity index (χ1n) is 7.61. The lowest BCUT2D eigenvalue weighted by atomic mass is 10.1. The van der Waals surface area contributed by atoms with Crippen molar-refractivity contribution >= 4 is 11.5 Å². The summed E-state index contributed by atoms with van der Waals surface area (Å²) in [6, 6.07) is 18.3. The molecule has 0 aliphatic carbocycles. The van der Waals surface area contributed by atoms with Gasteiger partial charge in [-0.1, -0.05) is 42.5 Å². The van der Waals surface area contributed by atoms with Gasteiger partial charge < -0.3 is 10.6 Å². The van der Waals surface area contributed by atoms with Crippen LogP contribution >= 0.6 is 0 Å². The Morgan fingerprint density at radius 3 is 2.26 bits per heavy atom. The minimum atomic E-state index is 0.195. The van der Waals surface area contributed by atoms with Gasteiger partial charge >= 0.3 is 0 Å². The zero-order valence-corrected chi connectivity index (χ0v) is 13.3. The van der Waals surface area contributed by atoms with Crippen LogP contribution in [0.1, 0.15) is 18.5 Å². The standard InChI is InChI=1S/C19H20N4/c1-14(15-6-4-3-5-7-15)23(2)19-18(21-12-13-22-19)16-8-10-17(20)11-9-16/h3-14H,20H2,1-2H3/t14-/m0/s1. The molecule has 4 nitrogen and oxygen atoms in total. The summed E-state index contributed by atoms with van der Waals surface area (Å²) in [6.45, 7) is 2.16. The zero-order chi connectivity index (χ0) is 16.2. The van der Waals surface area contributed by atoms with E-state index in [1.807, 2.05) is 37.4 Å². The van der Waals surface area contributed by atoms with E-state index in [1.54, 1.807) is 12.4 Å². The average Bonchev–Trinajstić information content (AvgIpc) is 2.62. The highest BCUT2D eigenvalue weighted by Crippen LogP contribution is 2.31. The van der Waals surface area contributed by atoms with E-state index in [1.165, 1.54) is 5.56 Å². The molecule has 116 valence electrons. The van der Waals surface area contributed by atoms with Crippen molar-refractivity contribution in [1.82, 2.24) is 9.97 Å². The van der Waals surface area contributed by atoms with Crippen molar-refractivity contribution in [3.05, 3.63) is 72.6 Å². The number of anilines is 2.